The third-order valence-corrected chi connectivity index (χ3v) is 13.5. The van der Waals surface area contributed by atoms with E-state index in [0.717, 1.165) is 22.3 Å². The van der Waals surface area contributed by atoms with Crippen LogP contribution in [-0.2, 0) is 5.41 Å². The van der Waals surface area contributed by atoms with Crippen molar-refractivity contribution >= 4 is 43.3 Å². The Labute approximate surface area is 339 Å². The van der Waals surface area contributed by atoms with E-state index in [2.05, 4.69) is 182 Å². The predicted molar refractivity (Wildman–Crippen MR) is 237 cm³/mol. The summed E-state index contributed by atoms with van der Waals surface area (Å²) in [6, 6.07) is 71.7. The van der Waals surface area contributed by atoms with Crippen molar-refractivity contribution in [2.45, 2.75) is 15.2 Å². The van der Waals surface area contributed by atoms with Gasteiger partial charge in [0.15, 0.2) is 17.5 Å². The molecule has 0 spiro atoms. The molecule has 0 aliphatic carbocycles. The Hall–Kier alpha value is -6.66. The zero-order valence-electron chi connectivity index (χ0n) is 30.7. The van der Waals surface area contributed by atoms with Crippen molar-refractivity contribution < 1.29 is 0 Å². The lowest BCUT2D eigenvalue weighted by molar-refractivity contribution is 0.703. The van der Waals surface area contributed by atoms with Crippen LogP contribution in [0.25, 0.3) is 65.5 Å². The lowest BCUT2D eigenvalue weighted by Crippen LogP contribution is -2.34. The van der Waals surface area contributed by atoms with Crippen molar-refractivity contribution in [2.75, 3.05) is 0 Å². The maximum Gasteiger partial charge on any atom is 0.165 e. The van der Waals surface area contributed by atoms with Crippen LogP contribution in [0.2, 0.25) is 0 Å². The van der Waals surface area contributed by atoms with Gasteiger partial charge in [-0.05, 0) is 57.6 Å². The Morgan fingerprint density at radius 2 is 0.912 bits per heavy atom. The van der Waals surface area contributed by atoms with Gasteiger partial charge in [0, 0.05) is 46.7 Å². The summed E-state index contributed by atoms with van der Waals surface area (Å²) < 4.78 is 2.44. The average Bonchev–Trinajstić information content (AvgIpc) is 3.68. The largest absolute Gasteiger partial charge is 0.208 e. The molecule has 0 bridgehead atoms. The Morgan fingerprint density at radius 1 is 0.368 bits per heavy atom. The van der Waals surface area contributed by atoms with E-state index in [4.69, 9.17) is 15.0 Å². The van der Waals surface area contributed by atoms with Crippen molar-refractivity contribution in [1.82, 2.24) is 15.0 Å². The zero-order valence-corrected chi connectivity index (χ0v) is 32.3. The fraction of sp³-hybridized carbons (Fsp3) is 0.0192. The minimum absolute atomic E-state index is 0.449. The van der Waals surface area contributed by atoms with Crippen molar-refractivity contribution in [3.8, 4) is 45.3 Å². The highest BCUT2D eigenvalue weighted by molar-refractivity contribution is 7.99. The number of thiophene rings is 1. The standard InChI is InChI=1S/C52H33N3S2/c1-4-15-35(16-5-1)49-53-50(55-51(54-49)42-23-14-22-41-40-21-10-12-25-45(40)57-48(41)42)36-29-27-34(28-30-36)37-31-32-44-47(33-37)56-46-26-13-11-24-43(46)52(44,38-17-6-2-7-18-38)39-19-8-3-9-20-39/h1-33H. The minimum Gasteiger partial charge on any atom is -0.208 e. The van der Waals surface area contributed by atoms with Gasteiger partial charge < -0.3 is 0 Å². The second-order valence-corrected chi connectivity index (χ2v) is 16.5. The third-order valence-electron chi connectivity index (χ3n) is 11.1. The molecule has 0 radical (unpaired) electrons. The van der Waals surface area contributed by atoms with E-state index >= 15 is 0 Å². The molecule has 10 aromatic rings. The van der Waals surface area contributed by atoms with Crippen molar-refractivity contribution in [1.29, 1.82) is 0 Å². The highest BCUT2D eigenvalue weighted by atomic mass is 32.2. The molecule has 0 N–H and O–H groups in total. The maximum atomic E-state index is 5.16. The first kappa shape index (κ1) is 33.7. The lowest BCUT2D eigenvalue weighted by Gasteiger charge is -2.42. The summed E-state index contributed by atoms with van der Waals surface area (Å²) in [7, 11) is 0. The first-order valence-electron chi connectivity index (χ1n) is 19.1. The van der Waals surface area contributed by atoms with E-state index < -0.39 is 5.41 Å². The van der Waals surface area contributed by atoms with Crippen LogP contribution in [0.1, 0.15) is 22.3 Å². The molecule has 268 valence electrons. The van der Waals surface area contributed by atoms with Crippen molar-refractivity contribution in [3.63, 3.8) is 0 Å². The molecule has 2 aromatic heterocycles. The quantitative estimate of drug-likeness (QED) is 0.169. The molecule has 0 atom stereocenters. The molecule has 1 aliphatic heterocycles. The Bertz CT molecular complexity index is 3050. The number of hydrogen-bond donors (Lipinski definition) is 0. The van der Waals surface area contributed by atoms with Gasteiger partial charge in [0.1, 0.15) is 0 Å². The summed E-state index contributed by atoms with van der Waals surface area (Å²) in [5.41, 5.74) is 9.90. The van der Waals surface area contributed by atoms with Crippen LogP contribution in [0.15, 0.2) is 210 Å². The molecule has 3 nitrogen and oxygen atoms in total. The van der Waals surface area contributed by atoms with Crippen LogP contribution in [0.5, 0.6) is 0 Å². The van der Waals surface area contributed by atoms with Crippen LogP contribution in [-0.4, -0.2) is 15.0 Å². The summed E-state index contributed by atoms with van der Waals surface area (Å²) in [6.45, 7) is 0. The van der Waals surface area contributed by atoms with Gasteiger partial charge in [0.25, 0.3) is 0 Å². The normalized spacial score (nSPS) is 13.0. The van der Waals surface area contributed by atoms with E-state index in [0.29, 0.717) is 17.5 Å². The molecule has 0 saturated carbocycles. The van der Waals surface area contributed by atoms with Crippen molar-refractivity contribution in [3.05, 3.63) is 222 Å². The Morgan fingerprint density at radius 3 is 1.65 bits per heavy atom. The first-order valence-corrected chi connectivity index (χ1v) is 20.7. The molecule has 0 amide bonds. The van der Waals surface area contributed by atoms with E-state index in [1.807, 2.05) is 30.0 Å². The lowest BCUT2D eigenvalue weighted by atomic mass is 9.64. The molecular formula is C52H33N3S2. The van der Waals surface area contributed by atoms with E-state index in [-0.39, 0.29) is 0 Å². The van der Waals surface area contributed by atoms with Crippen LogP contribution in [0, 0.1) is 0 Å². The fourth-order valence-corrected chi connectivity index (χ4v) is 10.9. The first-order chi connectivity index (χ1) is 28.2. The van der Waals surface area contributed by atoms with Gasteiger partial charge in [0.2, 0.25) is 0 Å². The van der Waals surface area contributed by atoms with Gasteiger partial charge in [-0.25, -0.2) is 15.0 Å². The van der Waals surface area contributed by atoms with Gasteiger partial charge in [-0.15, -0.1) is 11.3 Å². The van der Waals surface area contributed by atoms with E-state index in [9.17, 15) is 0 Å². The van der Waals surface area contributed by atoms with Gasteiger partial charge in [-0.3, -0.25) is 0 Å². The summed E-state index contributed by atoms with van der Waals surface area (Å²) >= 11 is 3.64. The maximum absolute atomic E-state index is 5.16. The van der Waals surface area contributed by atoms with Crippen LogP contribution in [0.4, 0.5) is 0 Å². The number of hydrogen-bond acceptors (Lipinski definition) is 5. The Balaban J connectivity index is 1.02. The monoisotopic (exact) mass is 763 g/mol. The SMILES string of the molecule is c1ccc(-c2nc(-c3ccc(-c4ccc5c(c4)Sc4ccccc4C5(c4ccccc4)c4ccccc4)cc3)nc(-c3cccc4c3sc3ccccc34)n2)cc1. The third kappa shape index (κ3) is 5.61. The number of nitrogens with zero attached hydrogens (tertiary/aromatic N) is 3. The second kappa shape index (κ2) is 13.8. The Kier molecular flexibility index (Phi) is 8.16. The van der Waals surface area contributed by atoms with E-state index in [1.165, 1.54) is 57.8 Å². The highest BCUT2D eigenvalue weighted by Gasteiger charge is 2.44. The molecule has 1 aliphatic rings. The summed E-state index contributed by atoms with van der Waals surface area (Å²) in [6.07, 6.45) is 0. The van der Waals surface area contributed by atoms with Gasteiger partial charge >= 0.3 is 0 Å². The molecule has 11 rings (SSSR count). The molecule has 8 aromatic carbocycles. The molecule has 57 heavy (non-hydrogen) atoms. The number of aromatic nitrogens is 3. The molecule has 3 heterocycles. The van der Waals surface area contributed by atoms with Gasteiger partial charge in [-0.2, -0.15) is 0 Å². The molecule has 0 saturated heterocycles. The summed E-state index contributed by atoms with van der Waals surface area (Å²) in [5, 5.41) is 2.47. The van der Waals surface area contributed by atoms with Gasteiger partial charge in [0.05, 0.1) is 5.41 Å². The van der Waals surface area contributed by atoms with Gasteiger partial charge in [-0.1, -0.05) is 188 Å². The molecule has 0 fully saturated rings. The minimum atomic E-state index is -0.449. The summed E-state index contributed by atoms with van der Waals surface area (Å²) in [4.78, 5) is 17.8. The van der Waals surface area contributed by atoms with Crippen LogP contribution in [0.3, 0.4) is 0 Å². The molecule has 5 heteroatoms. The van der Waals surface area contributed by atoms with Crippen LogP contribution < -0.4 is 0 Å². The van der Waals surface area contributed by atoms with Crippen LogP contribution >= 0.6 is 23.1 Å². The summed E-state index contributed by atoms with van der Waals surface area (Å²) in [5.74, 6) is 1.98. The number of rotatable bonds is 6. The smallest absolute Gasteiger partial charge is 0.165 e. The van der Waals surface area contributed by atoms with E-state index in [1.54, 1.807) is 11.3 Å². The fourth-order valence-electron chi connectivity index (χ4n) is 8.47. The van der Waals surface area contributed by atoms with Crippen molar-refractivity contribution in [2.24, 2.45) is 0 Å². The number of benzene rings is 8. The average molecular weight is 764 g/mol. The topological polar surface area (TPSA) is 38.7 Å². The molecular weight excluding hydrogens is 731 g/mol. The second-order valence-electron chi connectivity index (χ2n) is 14.3. The zero-order chi connectivity index (χ0) is 37.8. The molecule has 0 unspecified atom stereocenters. The predicted octanol–water partition coefficient (Wildman–Crippen LogP) is 13.8. The highest BCUT2D eigenvalue weighted by Crippen LogP contribution is 2.56. The number of fused-ring (bicyclic) bond motifs is 5.